The lowest BCUT2D eigenvalue weighted by atomic mass is 10.1. The Morgan fingerprint density at radius 1 is 1.19 bits per heavy atom. The van der Waals surface area contributed by atoms with Gasteiger partial charge in [-0.05, 0) is 12.1 Å². The van der Waals surface area contributed by atoms with E-state index in [2.05, 4.69) is 0 Å². The number of hydrogen-bond acceptors (Lipinski definition) is 3. The molecule has 2 rings (SSSR count). The number of hydrogen-bond donors (Lipinski definition) is 2. The van der Waals surface area contributed by atoms with Crippen molar-refractivity contribution in [3.8, 4) is 0 Å². The van der Waals surface area contributed by atoms with Gasteiger partial charge in [-0.25, -0.2) is 0 Å². The first kappa shape index (κ1) is 12.2. The molecule has 3 N–H and O–H groups in total. The molecule has 0 atom stereocenters. The molecule has 6 heteroatoms. The number of rotatable bonds is 2. The molecule has 0 saturated heterocycles. The molecule has 0 radical (unpaired) electrons. The summed E-state index contributed by atoms with van der Waals surface area (Å²) in [5.41, 5.74) is 5.93. The lowest BCUT2D eigenvalue weighted by Gasteiger charge is -2.11. The first-order chi connectivity index (χ1) is 7.11. The van der Waals surface area contributed by atoms with Gasteiger partial charge >= 0.3 is 0 Å². The molecule has 0 unspecified atom stereocenters. The van der Waals surface area contributed by atoms with Crippen molar-refractivity contribution < 1.29 is 9.59 Å². The molecule has 1 aromatic rings. The standard InChI is InChI=1S/C10H9N3O2.ClH/c11-8(12)5-13-9(14)6-3-1-2-4-7(6)10(13)15;/h1-4H,5H2,(H3,11,12);1H. The number of amidine groups is 1. The molecule has 5 nitrogen and oxygen atoms in total. The van der Waals surface area contributed by atoms with Crippen LogP contribution in [0.2, 0.25) is 0 Å². The summed E-state index contributed by atoms with van der Waals surface area (Å²) < 4.78 is 0. The van der Waals surface area contributed by atoms with E-state index in [1.807, 2.05) is 0 Å². The van der Waals surface area contributed by atoms with E-state index in [0.29, 0.717) is 11.1 Å². The molecule has 2 amide bonds. The third kappa shape index (κ3) is 1.77. The van der Waals surface area contributed by atoms with Crippen molar-refractivity contribution in [1.29, 1.82) is 5.41 Å². The molecule has 1 aliphatic rings. The summed E-state index contributed by atoms with van der Waals surface area (Å²) in [4.78, 5) is 24.4. The average molecular weight is 240 g/mol. The zero-order chi connectivity index (χ0) is 11.0. The molecule has 0 spiro atoms. The summed E-state index contributed by atoms with van der Waals surface area (Å²) in [5.74, 6) is -0.971. The molecule has 0 bridgehead atoms. The van der Waals surface area contributed by atoms with E-state index in [1.165, 1.54) is 0 Å². The monoisotopic (exact) mass is 239 g/mol. The summed E-state index contributed by atoms with van der Waals surface area (Å²) in [7, 11) is 0. The minimum atomic E-state index is -0.384. The van der Waals surface area contributed by atoms with Crippen LogP contribution in [0.1, 0.15) is 20.7 Å². The molecule has 0 aromatic heterocycles. The fourth-order valence-electron chi connectivity index (χ4n) is 1.55. The van der Waals surface area contributed by atoms with E-state index >= 15 is 0 Å². The molecule has 0 fully saturated rings. The largest absolute Gasteiger partial charge is 0.386 e. The van der Waals surface area contributed by atoms with Crippen LogP contribution in [0.25, 0.3) is 0 Å². The van der Waals surface area contributed by atoms with E-state index in [0.717, 1.165) is 4.90 Å². The lowest BCUT2D eigenvalue weighted by molar-refractivity contribution is 0.0677. The number of carbonyl (C=O) groups is 2. The molecule has 1 aliphatic heterocycles. The first-order valence-corrected chi connectivity index (χ1v) is 4.39. The van der Waals surface area contributed by atoms with Crippen molar-refractivity contribution in [2.45, 2.75) is 0 Å². The number of halogens is 1. The fraction of sp³-hybridized carbons (Fsp3) is 0.100. The zero-order valence-corrected chi connectivity index (χ0v) is 9.08. The third-order valence-electron chi connectivity index (χ3n) is 2.21. The van der Waals surface area contributed by atoms with Gasteiger partial charge in [-0.1, -0.05) is 12.1 Å². The summed E-state index contributed by atoms with van der Waals surface area (Å²) in [5, 5.41) is 7.08. The predicted molar refractivity (Wildman–Crippen MR) is 61.0 cm³/mol. The van der Waals surface area contributed by atoms with Crippen LogP contribution < -0.4 is 5.73 Å². The predicted octanol–water partition coefficient (Wildman–Crippen LogP) is 0.640. The van der Waals surface area contributed by atoms with Crippen LogP contribution in [0.5, 0.6) is 0 Å². The van der Waals surface area contributed by atoms with E-state index in [4.69, 9.17) is 11.1 Å². The molecule has 1 heterocycles. The normalized spacial score (nSPS) is 13.4. The average Bonchev–Trinajstić information content (AvgIpc) is 2.44. The SMILES string of the molecule is Cl.N=C(N)CN1C(=O)c2ccccc2C1=O. The van der Waals surface area contributed by atoms with E-state index in [9.17, 15) is 9.59 Å². The Kier molecular flexibility index (Phi) is 3.29. The maximum absolute atomic E-state index is 11.7. The zero-order valence-electron chi connectivity index (χ0n) is 8.27. The summed E-state index contributed by atoms with van der Waals surface area (Å²) >= 11 is 0. The van der Waals surface area contributed by atoms with Gasteiger partial charge in [0.25, 0.3) is 11.8 Å². The Balaban J connectivity index is 0.00000128. The number of benzene rings is 1. The Morgan fingerprint density at radius 3 is 2.00 bits per heavy atom. The van der Waals surface area contributed by atoms with Crippen LogP contribution in [-0.4, -0.2) is 29.1 Å². The van der Waals surface area contributed by atoms with Crippen molar-refractivity contribution in [1.82, 2.24) is 4.90 Å². The highest BCUT2D eigenvalue weighted by molar-refractivity contribution is 6.22. The van der Waals surface area contributed by atoms with E-state index < -0.39 is 0 Å². The molecule has 1 aromatic carbocycles. The summed E-state index contributed by atoms with van der Waals surface area (Å²) in [6.07, 6.45) is 0. The Hall–Kier alpha value is -1.88. The number of nitrogens with two attached hydrogens (primary N) is 1. The van der Waals surface area contributed by atoms with Gasteiger partial charge in [-0.3, -0.25) is 19.9 Å². The number of amides is 2. The van der Waals surface area contributed by atoms with Gasteiger partial charge in [-0.15, -0.1) is 12.4 Å². The molecule has 0 aliphatic carbocycles. The number of nitrogens with zero attached hydrogens (tertiary/aromatic N) is 1. The highest BCUT2D eigenvalue weighted by Gasteiger charge is 2.35. The topological polar surface area (TPSA) is 87.2 Å². The molecule has 0 saturated carbocycles. The van der Waals surface area contributed by atoms with Gasteiger partial charge in [0.15, 0.2) is 0 Å². The van der Waals surface area contributed by atoms with Crippen molar-refractivity contribution in [2.75, 3.05) is 6.54 Å². The summed E-state index contributed by atoms with van der Waals surface area (Å²) in [6, 6.07) is 6.58. The molecular formula is C10H10ClN3O2. The van der Waals surface area contributed by atoms with Crippen LogP contribution in [0.15, 0.2) is 24.3 Å². The number of nitrogens with one attached hydrogen (secondary N) is 1. The van der Waals surface area contributed by atoms with Gasteiger partial charge in [0, 0.05) is 0 Å². The Morgan fingerprint density at radius 2 is 1.62 bits per heavy atom. The number of carbonyl (C=O) groups excluding carboxylic acids is 2. The van der Waals surface area contributed by atoms with Crippen LogP contribution in [0.4, 0.5) is 0 Å². The van der Waals surface area contributed by atoms with Gasteiger partial charge in [0.2, 0.25) is 0 Å². The van der Waals surface area contributed by atoms with Crippen LogP contribution in [0, 0.1) is 5.41 Å². The maximum Gasteiger partial charge on any atom is 0.261 e. The fourth-order valence-corrected chi connectivity index (χ4v) is 1.55. The highest BCUT2D eigenvalue weighted by Crippen LogP contribution is 2.21. The smallest absolute Gasteiger partial charge is 0.261 e. The van der Waals surface area contributed by atoms with Crippen LogP contribution >= 0.6 is 12.4 Å². The summed E-state index contributed by atoms with van der Waals surface area (Å²) in [6.45, 7) is -0.146. The van der Waals surface area contributed by atoms with E-state index in [1.54, 1.807) is 24.3 Å². The number of fused-ring (bicyclic) bond motifs is 1. The van der Waals surface area contributed by atoms with Gasteiger partial charge in [0.1, 0.15) is 5.84 Å². The Labute approximate surface area is 98.1 Å². The first-order valence-electron chi connectivity index (χ1n) is 4.39. The van der Waals surface area contributed by atoms with Crippen molar-refractivity contribution >= 4 is 30.1 Å². The highest BCUT2D eigenvalue weighted by atomic mass is 35.5. The van der Waals surface area contributed by atoms with Crippen LogP contribution in [0.3, 0.4) is 0 Å². The van der Waals surface area contributed by atoms with Crippen molar-refractivity contribution in [3.63, 3.8) is 0 Å². The number of imide groups is 1. The maximum atomic E-state index is 11.7. The Bertz CT molecular complexity index is 438. The molecule has 84 valence electrons. The second kappa shape index (κ2) is 4.32. The van der Waals surface area contributed by atoms with Crippen molar-refractivity contribution in [3.05, 3.63) is 35.4 Å². The van der Waals surface area contributed by atoms with Crippen molar-refractivity contribution in [2.24, 2.45) is 5.73 Å². The van der Waals surface area contributed by atoms with Gasteiger partial charge in [0.05, 0.1) is 17.7 Å². The molecular weight excluding hydrogens is 230 g/mol. The molecule has 16 heavy (non-hydrogen) atoms. The minimum Gasteiger partial charge on any atom is -0.386 e. The second-order valence-corrected chi connectivity index (χ2v) is 3.27. The van der Waals surface area contributed by atoms with Gasteiger partial charge < -0.3 is 5.73 Å². The quantitative estimate of drug-likeness (QED) is 0.451. The second-order valence-electron chi connectivity index (χ2n) is 3.27. The minimum absolute atomic E-state index is 0. The third-order valence-corrected chi connectivity index (χ3v) is 2.21. The lowest BCUT2D eigenvalue weighted by Crippen LogP contribution is -2.37. The van der Waals surface area contributed by atoms with Crippen LogP contribution in [-0.2, 0) is 0 Å². The van der Waals surface area contributed by atoms with E-state index in [-0.39, 0.29) is 36.6 Å². The van der Waals surface area contributed by atoms with Gasteiger partial charge in [-0.2, -0.15) is 0 Å².